The van der Waals surface area contributed by atoms with Crippen molar-refractivity contribution in [3.63, 3.8) is 0 Å². The van der Waals surface area contributed by atoms with Crippen LogP contribution in [0.1, 0.15) is 32.6 Å². The average Bonchev–Trinajstić information content (AvgIpc) is 3.13. The second-order valence-electron chi connectivity index (χ2n) is 6.05. The van der Waals surface area contributed by atoms with Gasteiger partial charge in [-0.05, 0) is 45.1 Å². The van der Waals surface area contributed by atoms with E-state index in [0.717, 1.165) is 38.8 Å². The number of aliphatic hydroxyl groups is 1. The average molecular weight is 242 g/mol. The first-order valence-corrected chi connectivity index (χ1v) is 6.71. The third-order valence-corrected chi connectivity index (χ3v) is 4.42. The second-order valence-corrected chi connectivity index (χ2v) is 6.05. The maximum absolute atomic E-state index is 10.5. The number of piperidine rings is 1. The first-order valence-electron chi connectivity index (χ1n) is 6.71. The number of nitrogens with two attached hydrogens (primary N) is 1. The van der Waals surface area contributed by atoms with Crippen molar-refractivity contribution in [3.8, 4) is 0 Å². The van der Waals surface area contributed by atoms with Crippen LogP contribution < -0.4 is 5.73 Å². The number of likely N-dealkylation sites (tertiary alicyclic amines) is 1. The summed E-state index contributed by atoms with van der Waals surface area (Å²) < 4.78 is 5.58. The molecule has 3 N–H and O–H groups in total. The molecule has 1 saturated heterocycles. The predicted octanol–water partition coefficient (Wildman–Crippen LogP) is 0.587. The molecular weight excluding hydrogens is 216 g/mol. The fourth-order valence-electron chi connectivity index (χ4n) is 2.98. The summed E-state index contributed by atoms with van der Waals surface area (Å²) in [5.74, 6) is 0.420. The monoisotopic (exact) mass is 242 g/mol. The molecule has 1 saturated carbocycles. The van der Waals surface area contributed by atoms with Gasteiger partial charge in [0.2, 0.25) is 0 Å². The number of ether oxygens (including phenoxy) is 1. The lowest BCUT2D eigenvalue weighted by molar-refractivity contribution is -0.0777. The molecule has 1 aliphatic carbocycles. The number of nitrogens with zero attached hydrogens (tertiary/aromatic N) is 1. The standard InChI is InChI=1S/C13H26N2O2/c1-12(17-2)6-3-7-15(9-12)10-13(16,8-14)11-4-5-11/h11,16H,3-10,14H2,1-2H3. The molecule has 2 atom stereocenters. The lowest BCUT2D eigenvalue weighted by atomic mass is 9.91. The highest BCUT2D eigenvalue weighted by atomic mass is 16.5. The number of hydrogen-bond donors (Lipinski definition) is 2. The van der Waals surface area contributed by atoms with Gasteiger partial charge < -0.3 is 15.6 Å². The summed E-state index contributed by atoms with van der Waals surface area (Å²) in [6.07, 6.45) is 4.49. The van der Waals surface area contributed by atoms with E-state index in [0.29, 0.717) is 19.0 Å². The number of β-amino-alcohol motifs (C(OH)–C–C–N with tert-alkyl or cyclic N) is 1. The van der Waals surface area contributed by atoms with Gasteiger partial charge in [-0.3, -0.25) is 4.90 Å². The molecule has 4 heteroatoms. The van der Waals surface area contributed by atoms with E-state index < -0.39 is 5.60 Å². The van der Waals surface area contributed by atoms with Crippen molar-refractivity contribution in [1.29, 1.82) is 0 Å². The van der Waals surface area contributed by atoms with Crippen molar-refractivity contribution in [2.24, 2.45) is 11.7 Å². The van der Waals surface area contributed by atoms with Gasteiger partial charge in [0.05, 0.1) is 11.2 Å². The molecule has 0 bridgehead atoms. The van der Waals surface area contributed by atoms with E-state index in [9.17, 15) is 5.11 Å². The zero-order valence-electron chi connectivity index (χ0n) is 11.1. The van der Waals surface area contributed by atoms with E-state index >= 15 is 0 Å². The Morgan fingerprint density at radius 2 is 2.24 bits per heavy atom. The quantitative estimate of drug-likeness (QED) is 0.741. The van der Waals surface area contributed by atoms with Crippen molar-refractivity contribution < 1.29 is 9.84 Å². The SMILES string of the molecule is COC1(C)CCCN(CC(O)(CN)C2CC2)C1. The van der Waals surface area contributed by atoms with Crippen LogP contribution in [0.3, 0.4) is 0 Å². The van der Waals surface area contributed by atoms with Crippen molar-refractivity contribution in [1.82, 2.24) is 4.90 Å². The molecule has 0 spiro atoms. The Hall–Kier alpha value is -0.160. The van der Waals surface area contributed by atoms with Gasteiger partial charge in [0.15, 0.2) is 0 Å². The zero-order chi connectivity index (χ0) is 12.5. The molecule has 2 unspecified atom stereocenters. The molecule has 1 heterocycles. The van der Waals surface area contributed by atoms with Crippen LogP contribution in [0.15, 0.2) is 0 Å². The molecule has 1 aliphatic heterocycles. The largest absolute Gasteiger partial charge is 0.387 e. The minimum absolute atomic E-state index is 0.0582. The highest BCUT2D eigenvalue weighted by Crippen LogP contribution is 2.40. The molecule has 2 rings (SSSR count). The van der Waals surface area contributed by atoms with Gasteiger partial charge in [0.25, 0.3) is 0 Å². The summed E-state index contributed by atoms with van der Waals surface area (Å²) in [5, 5.41) is 10.5. The van der Waals surface area contributed by atoms with Gasteiger partial charge in [-0.15, -0.1) is 0 Å². The molecular formula is C13H26N2O2. The van der Waals surface area contributed by atoms with E-state index in [1.54, 1.807) is 7.11 Å². The normalized spacial score (nSPS) is 34.6. The van der Waals surface area contributed by atoms with E-state index in [4.69, 9.17) is 10.5 Å². The van der Waals surface area contributed by atoms with Gasteiger partial charge in [-0.1, -0.05) is 0 Å². The fraction of sp³-hybridized carbons (Fsp3) is 1.00. The Morgan fingerprint density at radius 3 is 2.76 bits per heavy atom. The molecule has 0 aromatic rings. The molecule has 2 aliphatic rings. The van der Waals surface area contributed by atoms with Crippen molar-refractivity contribution in [3.05, 3.63) is 0 Å². The summed E-state index contributed by atoms with van der Waals surface area (Å²) >= 11 is 0. The lowest BCUT2D eigenvalue weighted by Gasteiger charge is -2.42. The first-order chi connectivity index (χ1) is 8.01. The van der Waals surface area contributed by atoms with Crippen LogP contribution in [-0.2, 0) is 4.74 Å². The van der Waals surface area contributed by atoms with Gasteiger partial charge in [-0.2, -0.15) is 0 Å². The Morgan fingerprint density at radius 1 is 1.53 bits per heavy atom. The molecule has 0 amide bonds. The maximum atomic E-state index is 10.5. The Balaban J connectivity index is 1.93. The second kappa shape index (κ2) is 4.84. The smallest absolute Gasteiger partial charge is 0.0923 e. The van der Waals surface area contributed by atoms with Crippen LogP contribution in [0.2, 0.25) is 0 Å². The van der Waals surface area contributed by atoms with E-state index in [-0.39, 0.29) is 5.60 Å². The van der Waals surface area contributed by atoms with Crippen LogP contribution in [0, 0.1) is 5.92 Å². The van der Waals surface area contributed by atoms with Crippen LogP contribution in [0.5, 0.6) is 0 Å². The molecule has 0 aromatic heterocycles. The number of rotatable bonds is 5. The number of hydrogen-bond acceptors (Lipinski definition) is 4. The van der Waals surface area contributed by atoms with Gasteiger partial charge in [-0.25, -0.2) is 0 Å². The van der Waals surface area contributed by atoms with E-state index in [1.807, 2.05) is 0 Å². The van der Waals surface area contributed by atoms with E-state index in [2.05, 4.69) is 11.8 Å². The van der Waals surface area contributed by atoms with Crippen LogP contribution in [-0.4, -0.2) is 54.5 Å². The van der Waals surface area contributed by atoms with Crippen LogP contribution in [0.25, 0.3) is 0 Å². The highest BCUT2D eigenvalue weighted by Gasteiger charge is 2.45. The number of methoxy groups -OCH3 is 1. The molecule has 2 fully saturated rings. The summed E-state index contributed by atoms with van der Waals surface area (Å²) in [6, 6.07) is 0. The third kappa shape index (κ3) is 2.99. The van der Waals surface area contributed by atoms with Crippen LogP contribution >= 0.6 is 0 Å². The van der Waals surface area contributed by atoms with Gasteiger partial charge in [0, 0.05) is 26.7 Å². The molecule has 17 heavy (non-hydrogen) atoms. The van der Waals surface area contributed by atoms with Crippen molar-refractivity contribution in [2.45, 2.75) is 43.8 Å². The lowest BCUT2D eigenvalue weighted by Crippen LogP contribution is -2.55. The van der Waals surface area contributed by atoms with Crippen molar-refractivity contribution >= 4 is 0 Å². The molecule has 0 radical (unpaired) electrons. The fourth-order valence-corrected chi connectivity index (χ4v) is 2.98. The van der Waals surface area contributed by atoms with Gasteiger partial charge >= 0.3 is 0 Å². The maximum Gasteiger partial charge on any atom is 0.0923 e. The summed E-state index contributed by atoms with van der Waals surface area (Å²) in [7, 11) is 1.78. The molecule has 4 nitrogen and oxygen atoms in total. The molecule has 0 aromatic carbocycles. The highest BCUT2D eigenvalue weighted by molar-refractivity contribution is 4.99. The third-order valence-electron chi connectivity index (χ3n) is 4.42. The minimum Gasteiger partial charge on any atom is -0.387 e. The van der Waals surface area contributed by atoms with E-state index in [1.165, 1.54) is 0 Å². The Labute approximate surface area is 104 Å². The Kier molecular flexibility index (Phi) is 3.78. The summed E-state index contributed by atoms with van der Waals surface area (Å²) in [5.41, 5.74) is 5.02. The predicted molar refractivity (Wildman–Crippen MR) is 67.8 cm³/mol. The van der Waals surface area contributed by atoms with Crippen molar-refractivity contribution in [2.75, 3.05) is 33.3 Å². The first kappa shape index (κ1) is 13.3. The minimum atomic E-state index is -0.675. The van der Waals surface area contributed by atoms with Crippen LogP contribution in [0.4, 0.5) is 0 Å². The Bertz CT molecular complexity index is 270. The topological polar surface area (TPSA) is 58.7 Å². The summed E-state index contributed by atoms with van der Waals surface area (Å²) in [4.78, 5) is 2.32. The zero-order valence-corrected chi connectivity index (χ0v) is 11.1. The molecule has 100 valence electrons. The van der Waals surface area contributed by atoms with Gasteiger partial charge in [0.1, 0.15) is 0 Å². The summed E-state index contributed by atoms with van der Waals surface area (Å²) in [6.45, 7) is 5.18.